The van der Waals surface area contributed by atoms with Crippen molar-refractivity contribution in [3.05, 3.63) is 64.6 Å². The molecule has 3 aromatic rings. The van der Waals surface area contributed by atoms with Gasteiger partial charge >= 0.3 is 0 Å². The van der Waals surface area contributed by atoms with Crippen LogP contribution in [0.25, 0.3) is 22.2 Å². The molecule has 3 rings (SSSR count). The highest BCUT2D eigenvalue weighted by Crippen LogP contribution is 2.30. The molecule has 0 unspecified atom stereocenters. The van der Waals surface area contributed by atoms with Crippen LogP contribution in [0.2, 0.25) is 0 Å². The van der Waals surface area contributed by atoms with Crippen molar-refractivity contribution in [3.8, 4) is 11.3 Å². The van der Waals surface area contributed by atoms with Gasteiger partial charge in [-0.2, -0.15) is 0 Å². The number of aromatic nitrogens is 1. The highest BCUT2D eigenvalue weighted by Gasteiger charge is 2.08. The van der Waals surface area contributed by atoms with E-state index in [0.29, 0.717) is 0 Å². The molecule has 0 amide bonds. The van der Waals surface area contributed by atoms with E-state index in [1.165, 1.54) is 10.9 Å². The Hall–Kier alpha value is -1.67. The molecule has 1 aromatic heterocycles. The molecule has 0 radical (unpaired) electrons. The Morgan fingerprint density at radius 2 is 1.79 bits per heavy atom. The summed E-state index contributed by atoms with van der Waals surface area (Å²) in [6, 6.07) is 18.7. The van der Waals surface area contributed by atoms with E-state index < -0.39 is 0 Å². The van der Waals surface area contributed by atoms with Gasteiger partial charge in [-0.05, 0) is 18.1 Å². The number of aryl methyl sites for hydroxylation is 1. The third kappa shape index (κ3) is 2.28. The van der Waals surface area contributed by atoms with Gasteiger partial charge in [-0.25, -0.2) is 4.98 Å². The van der Waals surface area contributed by atoms with Crippen LogP contribution in [0.15, 0.2) is 59.1 Å². The monoisotopic (exact) mass is 311 g/mol. The van der Waals surface area contributed by atoms with Crippen LogP contribution in [0.3, 0.4) is 0 Å². The highest BCUT2D eigenvalue weighted by molar-refractivity contribution is 9.10. The molecule has 2 heteroatoms. The number of nitrogens with zero attached hydrogens (tertiary/aromatic N) is 1. The summed E-state index contributed by atoms with van der Waals surface area (Å²) in [7, 11) is 0. The number of pyridine rings is 1. The lowest BCUT2D eigenvalue weighted by molar-refractivity contribution is 1.14. The van der Waals surface area contributed by atoms with Crippen LogP contribution < -0.4 is 0 Å². The van der Waals surface area contributed by atoms with Crippen molar-refractivity contribution in [3.63, 3.8) is 0 Å². The van der Waals surface area contributed by atoms with Crippen LogP contribution in [-0.2, 0) is 6.42 Å². The number of para-hydroxylation sites is 1. The number of hydrogen-bond acceptors (Lipinski definition) is 1. The van der Waals surface area contributed by atoms with Crippen LogP contribution in [0.5, 0.6) is 0 Å². The molecule has 2 aromatic carbocycles. The van der Waals surface area contributed by atoms with Crippen molar-refractivity contribution >= 4 is 26.8 Å². The molecule has 19 heavy (non-hydrogen) atoms. The van der Waals surface area contributed by atoms with Crippen LogP contribution >= 0.6 is 15.9 Å². The Morgan fingerprint density at radius 3 is 2.53 bits per heavy atom. The zero-order valence-electron chi connectivity index (χ0n) is 10.7. The summed E-state index contributed by atoms with van der Waals surface area (Å²) < 4.78 is 1.10. The number of hydrogen-bond donors (Lipinski definition) is 0. The molecule has 0 aliphatic heterocycles. The van der Waals surface area contributed by atoms with Gasteiger partial charge in [0.05, 0.1) is 11.2 Å². The van der Waals surface area contributed by atoms with Crippen LogP contribution in [-0.4, -0.2) is 4.98 Å². The molecule has 0 atom stereocenters. The molecule has 0 N–H and O–H groups in total. The number of fused-ring (bicyclic) bond motifs is 1. The van der Waals surface area contributed by atoms with Crippen molar-refractivity contribution in [2.45, 2.75) is 13.3 Å². The third-order valence-electron chi connectivity index (χ3n) is 3.32. The second-order valence-electron chi connectivity index (χ2n) is 4.52. The molecular weight excluding hydrogens is 298 g/mol. The van der Waals surface area contributed by atoms with Gasteiger partial charge in [0.1, 0.15) is 0 Å². The first-order valence-electron chi connectivity index (χ1n) is 6.43. The minimum Gasteiger partial charge on any atom is -0.247 e. The number of halogens is 1. The maximum Gasteiger partial charge on any atom is 0.0752 e. The summed E-state index contributed by atoms with van der Waals surface area (Å²) in [4.78, 5) is 4.85. The van der Waals surface area contributed by atoms with Gasteiger partial charge in [-0.3, -0.25) is 0 Å². The van der Waals surface area contributed by atoms with Crippen LogP contribution in [0, 0.1) is 0 Å². The van der Waals surface area contributed by atoms with Crippen molar-refractivity contribution < 1.29 is 0 Å². The Morgan fingerprint density at radius 1 is 1.00 bits per heavy atom. The van der Waals surface area contributed by atoms with Crippen LogP contribution in [0.1, 0.15) is 12.5 Å². The summed E-state index contributed by atoms with van der Waals surface area (Å²) >= 11 is 3.67. The molecule has 1 heterocycles. The summed E-state index contributed by atoms with van der Waals surface area (Å²) in [5.74, 6) is 0. The topological polar surface area (TPSA) is 12.9 Å². The fourth-order valence-corrected chi connectivity index (χ4v) is 2.85. The molecule has 0 aliphatic carbocycles. The van der Waals surface area contributed by atoms with E-state index in [0.717, 1.165) is 27.7 Å². The van der Waals surface area contributed by atoms with Crippen molar-refractivity contribution in [1.82, 2.24) is 4.98 Å². The summed E-state index contributed by atoms with van der Waals surface area (Å²) in [5.41, 5.74) is 4.55. The fourth-order valence-electron chi connectivity index (χ4n) is 2.31. The van der Waals surface area contributed by atoms with Gasteiger partial charge in [-0.15, -0.1) is 0 Å². The second kappa shape index (κ2) is 5.14. The average molecular weight is 312 g/mol. The Labute approximate surface area is 121 Å². The van der Waals surface area contributed by atoms with E-state index >= 15 is 0 Å². The Kier molecular flexibility index (Phi) is 3.34. The molecule has 0 fully saturated rings. The molecule has 94 valence electrons. The smallest absolute Gasteiger partial charge is 0.0752 e. The van der Waals surface area contributed by atoms with Crippen molar-refractivity contribution in [1.29, 1.82) is 0 Å². The minimum atomic E-state index is 0.995. The zero-order chi connectivity index (χ0) is 13.2. The van der Waals surface area contributed by atoms with Gasteiger partial charge in [0.2, 0.25) is 0 Å². The van der Waals surface area contributed by atoms with Crippen molar-refractivity contribution in [2.24, 2.45) is 0 Å². The Bertz CT molecular complexity index is 720. The summed E-state index contributed by atoms with van der Waals surface area (Å²) in [6.07, 6.45) is 0.995. The van der Waals surface area contributed by atoms with E-state index in [4.69, 9.17) is 4.98 Å². The predicted octanol–water partition coefficient (Wildman–Crippen LogP) is 5.23. The molecule has 0 aliphatic rings. The fraction of sp³-hybridized carbons (Fsp3) is 0.118. The SMILES string of the molecule is CCc1cccc2c(Br)cc(-c3ccccc3)nc12. The van der Waals surface area contributed by atoms with Gasteiger partial charge in [-0.1, -0.05) is 71.4 Å². The van der Waals surface area contributed by atoms with Crippen LogP contribution in [0.4, 0.5) is 0 Å². The maximum atomic E-state index is 4.85. The van der Waals surface area contributed by atoms with E-state index in [1.807, 2.05) is 18.2 Å². The number of rotatable bonds is 2. The maximum absolute atomic E-state index is 4.85. The van der Waals surface area contributed by atoms with Gasteiger partial charge < -0.3 is 0 Å². The van der Waals surface area contributed by atoms with Gasteiger partial charge in [0.25, 0.3) is 0 Å². The lowest BCUT2D eigenvalue weighted by atomic mass is 10.1. The normalized spacial score (nSPS) is 10.8. The first kappa shape index (κ1) is 12.4. The van der Waals surface area contributed by atoms with Gasteiger partial charge in [0, 0.05) is 15.4 Å². The summed E-state index contributed by atoms with van der Waals surface area (Å²) in [6.45, 7) is 2.17. The Balaban J connectivity index is 2.29. The van der Waals surface area contributed by atoms with E-state index in [2.05, 4.69) is 59.3 Å². The van der Waals surface area contributed by atoms with E-state index in [9.17, 15) is 0 Å². The average Bonchev–Trinajstić information content (AvgIpc) is 2.47. The minimum absolute atomic E-state index is 0.995. The third-order valence-corrected chi connectivity index (χ3v) is 3.98. The predicted molar refractivity (Wildman–Crippen MR) is 84.3 cm³/mol. The first-order chi connectivity index (χ1) is 9.29. The highest BCUT2D eigenvalue weighted by atomic mass is 79.9. The second-order valence-corrected chi connectivity index (χ2v) is 5.38. The molecular formula is C17H14BrN. The molecule has 0 spiro atoms. The lowest BCUT2D eigenvalue weighted by Gasteiger charge is -2.09. The van der Waals surface area contributed by atoms with Crippen molar-refractivity contribution in [2.75, 3.05) is 0 Å². The molecule has 0 saturated carbocycles. The molecule has 0 saturated heterocycles. The van der Waals surface area contributed by atoms with Gasteiger partial charge in [0.15, 0.2) is 0 Å². The molecule has 0 bridgehead atoms. The zero-order valence-corrected chi connectivity index (χ0v) is 12.3. The standard InChI is InChI=1S/C17H14BrN/c1-2-12-9-6-10-14-15(18)11-16(19-17(12)14)13-7-4-3-5-8-13/h3-11H,2H2,1H3. The van der Waals surface area contributed by atoms with E-state index in [1.54, 1.807) is 0 Å². The van der Waals surface area contributed by atoms with E-state index in [-0.39, 0.29) is 0 Å². The lowest BCUT2D eigenvalue weighted by Crippen LogP contribution is -1.91. The summed E-state index contributed by atoms with van der Waals surface area (Å²) in [5, 5.41) is 1.18. The quantitative estimate of drug-likeness (QED) is 0.631. The number of benzene rings is 2. The largest absolute Gasteiger partial charge is 0.247 e. The molecule has 1 nitrogen and oxygen atoms in total. The first-order valence-corrected chi connectivity index (χ1v) is 7.22.